The summed E-state index contributed by atoms with van der Waals surface area (Å²) in [5.41, 5.74) is 1.85. The zero-order valence-electron chi connectivity index (χ0n) is 10.8. The van der Waals surface area contributed by atoms with E-state index >= 15 is 0 Å². The predicted molar refractivity (Wildman–Crippen MR) is 78.6 cm³/mol. The fourth-order valence-corrected chi connectivity index (χ4v) is 3.90. The van der Waals surface area contributed by atoms with Crippen LogP contribution in [0.4, 0.5) is 0 Å². The van der Waals surface area contributed by atoms with Crippen molar-refractivity contribution in [2.75, 3.05) is 19.6 Å². The molecule has 1 aliphatic carbocycles. The van der Waals surface area contributed by atoms with E-state index in [1.165, 1.54) is 48.8 Å². The van der Waals surface area contributed by atoms with Gasteiger partial charge in [-0.05, 0) is 30.5 Å². The largest absolute Gasteiger partial charge is 0.309 e. The minimum Gasteiger partial charge on any atom is -0.309 e. The molecule has 1 N–H and O–H groups in total. The average Bonchev–Trinajstić information content (AvgIpc) is 2.77. The van der Waals surface area contributed by atoms with Crippen LogP contribution in [0.1, 0.15) is 31.2 Å². The first-order valence-corrected chi connectivity index (χ1v) is 7.77. The molecule has 1 saturated carbocycles. The third-order valence-corrected chi connectivity index (χ3v) is 4.80. The molecule has 0 bridgehead atoms. The molecule has 0 aromatic heterocycles. The normalized spacial score (nSPS) is 23.6. The lowest BCUT2D eigenvalue weighted by Gasteiger charge is -2.41. The summed E-state index contributed by atoms with van der Waals surface area (Å²) in [6.45, 7) is 4.63. The van der Waals surface area contributed by atoms with E-state index in [1.807, 2.05) is 0 Å². The molecule has 1 spiro atoms. The van der Waals surface area contributed by atoms with Gasteiger partial charge in [0, 0.05) is 36.2 Å². The topological polar surface area (TPSA) is 15.3 Å². The Balaban J connectivity index is 1.66. The summed E-state index contributed by atoms with van der Waals surface area (Å²) in [5.74, 6) is 0. The summed E-state index contributed by atoms with van der Waals surface area (Å²) in [6, 6.07) is 8.70. The van der Waals surface area contributed by atoms with Crippen LogP contribution in [0.5, 0.6) is 0 Å². The van der Waals surface area contributed by atoms with E-state index in [1.54, 1.807) is 0 Å². The summed E-state index contributed by atoms with van der Waals surface area (Å²) >= 11 is 3.56. The van der Waals surface area contributed by atoms with Crippen molar-refractivity contribution in [2.24, 2.45) is 0 Å². The van der Waals surface area contributed by atoms with Crippen LogP contribution in [0.15, 0.2) is 28.7 Å². The maximum atomic E-state index is 3.77. The maximum Gasteiger partial charge on any atom is 0.0309 e. The highest BCUT2D eigenvalue weighted by molar-refractivity contribution is 9.10. The Morgan fingerprint density at radius 1 is 1.28 bits per heavy atom. The van der Waals surface area contributed by atoms with Crippen LogP contribution >= 0.6 is 15.9 Å². The average molecular weight is 309 g/mol. The first-order valence-electron chi connectivity index (χ1n) is 6.98. The second-order valence-corrected chi connectivity index (χ2v) is 6.67. The monoisotopic (exact) mass is 308 g/mol. The molecule has 3 rings (SSSR count). The third kappa shape index (κ3) is 2.79. The second-order valence-electron chi connectivity index (χ2n) is 5.75. The third-order valence-electron chi connectivity index (χ3n) is 4.31. The smallest absolute Gasteiger partial charge is 0.0309 e. The molecule has 0 atom stereocenters. The Hall–Kier alpha value is -0.380. The lowest BCUT2D eigenvalue weighted by molar-refractivity contribution is 0.129. The van der Waals surface area contributed by atoms with Gasteiger partial charge in [0.25, 0.3) is 0 Å². The Kier molecular flexibility index (Phi) is 3.73. The van der Waals surface area contributed by atoms with Gasteiger partial charge in [-0.25, -0.2) is 0 Å². The molecule has 1 aromatic carbocycles. The van der Waals surface area contributed by atoms with Gasteiger partial charge in [0.15, 0.2) is 0 Å². The molecule has 2 aliphatic rings. The Labute approximate surface area is 118 Å². The number of benzene rings is 1. The van der Waals surface area contributed by atoms with Crippen LogP contribution in [-0.2, 0) is 6.54 Å². The highest BCUT2D eigenvalue weighted by Gasteiger charge is 2.37. The summed E-state index contributed by atoms with van der Waals surface area (Å²) < 4.78 is 1.19. The standard InChI is InChI=1S/C15H21BrN2/c16-14-5-3-4-13(10-14)11-18-9-8-17-15(12-18)6-1-2-7-15/h3-5,10,17H,1-2,6-9,11-12H2. The molecule has 1 saturated heterocycles. The molecule has 18 heavy (non-hydrogen) atoms. The summed E-state index contributed by atoms with van der Waals surface area (Å²) in [5, 5.41) is 3.77. The van der Waals surface area contributed by atoms with Crippen molar-refractivity contribution in [1.82, 2.24) is 10.2 Å². The van der Waals surface area contributed by atoms with Gasteiger partial charge in [-0.3, -0.25) is 4.90 Å². The first-order chi connectivity index (χ1) is 8.76. The van der Waals surface area contributed by atoms with E-state index < -0.39 is 0 Å². The number of rotatable bonds is 2. The van der Waals surface area contributed by atoms with Crippen LogP contribution in [0.25, 0.3) is 0 Å². The van der Waals surface area contributed by atoms with Crippen molar-refractivity contribution in [3.63, 3.8) is 0 Å². The van der Waals surface area contributed by atoms with E-state index in [0.29, 0.717) is 5.54 Å². The quantitative estimate of drug-likeness (QED) is 0.903. The lowest BCUT2D eigenvalue weighted by Crippen LogP contribution is -2.58. The number of nitrogens with one attached hydrogen (secondary N) is 1. The predicted octanol–water partition coefficient (Wildman–Crippen LogP) is 3.17. The number of piperazine rings is 1. The Bertz CT molecular complexity index is 413. The molecule has 2 nitrogen and oxygen atoms in total. The SMILES string of the molecule is Brc1cccc(CN2CCNC3(CCCC3)C2)c1. The zero-order valence-corrected chi connectivity index (χ0v) is 12.4. The minimum atomic E-state index is 0.435. The Morgan fingerprint density at radius 3 is 2.89 bits per heavy atom. The van der Waals surface area contributed by atoms with E-state index in [4.69, 9.17) is 0 Å². The summed E-state index contributed by atoms with van der Waals surface area (Å²) in [6.07, 6.45) is 5.53. The number of hydrogen-bond donors (Lipinski definition) is 1. The van der Waals surface area contributed by atoms with Crippen LogP contribution in [0.3, 0.4) is 0 Å². The van der Waals surface area contributed by atoms with E-state index in [0.717, 1.165) is 13.1 Å². The molecule has 98 valence electrons. The lowest BCUT2D eigenvalue weighted by atomic mass is 9.94. The fourth-order valence-electron chi connectivity index (χ4n) is 3.46. The van der Waals surface area contributed by atoms with Crippen molar-refractivity contribution in [1.29, 1.82) is 0 Å². The summed E-state index contributed by atoms with van der Waals surface area (Å²) in [7, 11) is 0. The highest BCUT2D eigenvalue weighted by Crippen LogP contribution is 2.32. The van der Waals surface area contributed by atoms with Crippen LogP contribution in [0, 0.1) is 0 Å². The molecule has 0 amide bonds. The first kappa shape index (κ1) is 12.6. The van der Waals surface area contributed by atoms with Gasteiger partial charge in [-0.1, -0.05) is 40.9 Å². The molecular formula is C15H21BrN2. The molecule has 1 aliphatic heterocycles. The fraction of sp³-hybridized carbons (Fsp3) is 0.600. The van der Waals surface area contributed by atoms with E-state index in [-0.39, 0.29) is 0 Å². The van der Waals surface area contributed by atoms with Crippen molar-refractivity contribution < 1.29 is 0 Å². The van der Waals surface area contributed by atoms with Gasteiger partial charge in [0.2, 0.25) is 0 Å². The number of hydrogen-bond acceptors (Lipinski definition) is 2. The molecule has 3 heteroatoms. The molecule has 1 aromatic rings. The van der Waals surface area contributed by atoms with Gasteiger partial charge >= 0.3 is 0 Å². The minimum absolute atomic E-state index is 0.435. The van der Waals surface area contributed by atoms with Gasteiger partial charge in [-0.2, -0.15) is 0 Å². The molecular weight excluding hydrogens is 288 g/mol. The number of nitrogens with zero attached hydrogens (tertiary/aromatic N) is 1. The van der Waals surface area contributed by atoms with E-state index in [2.05, 4.69) is 50.4 Å². The Morgan fingerprint density at radius 2 is 2.11 bits per heavy atom. The van der Waals surface area contributed by atoms with Crippen molar-refractivity contribution in [2.45, 2.75) is 37.8 Å². The molecule has 0 unspecified atom stereocenters. The van der Waals surface area contributed by atoms with Gasteiger partial charge in [-0.15, -0.1) is 0 Å². The van der Waals surface area contributed by atoms with E-state index in [9.17, 15) is 0 Å². The van der Waals surface area contributed by atoms with Crippen LogP contribution < -0.4 is 5.32 Å². The second kappa shape index (κ2) is 5.32. The van der Waals surface area contributed by atoms with Crippen molar-refractivity contribution in [3.05, 3.63) is 34.3 Å². The van der Waals surface area contributed by atoms with Crippen molar-refractivity contribution >= 4 is 15.9 Å². The van der Waals surface area contributed by atoms with Crippen molar-refractivity contribution in [3.8, 4) is 0 Å². The summed E-state index contributed by atoms with van der Waals surface area (Å²) in [4.78, 5) is 2.61. The van der Waals surface area contributed by atoms with Gasteiger partial charge < -0.3 is 5.32 Å². The molecule has 0 radical (unpaired) electrons. The van der Waals surface area contributed by atoms with Crippen LogP contribution in [-0.4, -0.2) is 30.1 Å². The zero-order chi connectivity index (χ0) is 12.4. The maximum absolute atomic E-state index is 3.77. The van der Waals surface area contributed by atoms with Crippen LogP contribution in [0.2, 0.25) is 0 Å². The highest BCUT2D eigenvalue weighted by atomic mass is 79.9. The van der Waals surface area contributed by atoms with Gasteiger partial charge in [0.1, 0.15) is 0 Å². The number of halogens is 1. The molecule has 2 fully saturated rings. The van der Waals surface area contributed by atoms with Gasteiger partial charge in [0.05, 0.1) is 0 Å². The molecule has 1 heterocycles.